The van der Waals surface area contributed by atoms with Gasteiger partial charge in [-0.15, -0.1) is 11.3 Å². The summed E-state index contributed by atoms with van der Waals surface area (Å²) in [6.07, 6.45) is 7.79. The van der Waals surface area contributed by atoms with Gasteiger partial charge >= 0.3 is 0 Å². The van der Waals surface area contributed by atoms with E-state index in [0.717, 1.165) is 41.5 Å². The first-order chi connectivity index (χ1) is 15.1. The molecule has 31 heavy (non-hydrogen) atoms. The van der Waals surface area contributed by atoms with Gasteiger partial charge in [0.15, 0.2) is 11.6 Å². The average Bonchev–Trinajstić information content (AvgIpc) is 3.39. The summed E-state index contributed by atoms with van der Waals surface area (Å²) >= 11 is 1.67. The summed E-state index contributed by atoms with van der Waals surface area (Å²) < 4.78 is 19.9. The van der Waals surface area contributed by atoms with Crippen LogP contribution in [0.2, 0.25) is 0 Å². The van der Waals surface area contributed by atoms with E-state index >= 15 is 0 Å². The number of likely N-dealkylation sites (tertiary alicyclic amines) is 1. The third-order valence-corrected chi connectivity index (χ3v) is 6.36. The van der Waals surface area contributed by atoms with Crippen molar-refractivity contribution in [2.45, 2.75) is 39.5 Å². The highest BCUT2D eigenvalue weighted by Gasteiger charge is 2.12. The molecular weight excluding hydrogens is 413 g/mol. The first-order valence-corrected chi connectivity index (χ1v) is 11.7. The summed E-state index contributed by atoms with van der Waals surface area (Å²) in [5.74, 6) is -0.101. The molecule has 0 aliphatic carbocycles. The summed E-state index contributed by atoms with van der Waals surface area (Å²) in [4.78, 5) is 9.05. The zero-order valence-corrected chi connectivity index (χ0v) is 19.2. The van der Waals surface area contributed by atoms with Crippen molar-refractivity contribution in [3.63, 3.8) is 0 Å². The van der Waals surface area contributed by atoms with E-state index in [4.69, 9.17) is 9.84 Å². The molecule has 1 aromatic heterocycles. The predicted molar refractivity (Wildman–Crippen MR) is 128 cm³/mol. The summed E-state index contributed by atoms with van der Waals surface area (Å²) in [6, 6.07) is 6.90. The molecule has 2 aromatic rings. The molecule has 3 rings (SSSR count). The molecule has 168 valence electrons. The van der Waals surface area contributed by atoms with Crippen molar-refractivity contribution in [2.24, 2.45) is 4.99 Å². The Morgan fingerprint density at radius 3 is 2.84 bits per heavy atom. The molecular formula is C24H32FN3O2S. The van der Waals surface area contributed by atoms with Crippen molar-refractivity contribution < 1.29 is 14.2 Å². The smallest absolute Gasteiger partial charge is 0.167 e. The Morgan fingerprint density at radius 2 is 2.13 bits per heavy atom. The van der Waals surface area contributed by atoms with E-state index in [1.807, 2.05) is 13.0 Å². The third kappa shape index (κ3) is 7.16. The average molecular weight is 446 g/mol. The monoisotopic (exact) mass is 445 g/mol. The van der Waals surface area contributed by atoms with Gasteiger partial charge in [0.05, 0.1) is 12.0 Å². The van der Waals surface area contributed by atoms with E-state index in [2.05, 4.69) is 28.2 Å². The number of halogens is 1. The number of aliphatic hydroxyl groups excluding tert-OH is 1. The maximum Gasteiger partial charge on any atom is 0.167 e. The SMILES string of the molecule is CC/C(=C\c1cc(N=CNc2ccc(OCCN3CCCC3)c(F)c2)c(C)s1)CCO. The van der Waals surface area contributed by atoms with Crippen LogP contribution in [-0.4, -0.2) is 49.2 Å². The number of rotatable bonds is 11. The Balaban J connectivity index is 1.54. The summed E-state index contributed by atoms with van der Waals surface area (Å²) in [7, 11) is 0. The molecule has 0 unspecified atom stereocenters. The van der Waals surface area contributed by atoms with Crippen molar-refractivity contribution in [3.05, 3.63) is 45.4 Å². The molecule has 1 fully saturated rings. The number of benzene rings is 1. The molecule has 0 amide bonds. The molecule has 2 N–H and O–H groups in total. The lowest BCUT2D eigenvalue weighted by Gasteiger charge is -2.15. The van der Waals surface area contributed by atoms with Crippen molar-refractivity contribution in [3.8, 4) is 5.75 Å². The number of hydrogen-bond acceptors (Lipinski definition) is 5. The largest absolute Gasteiger partial charge is 0.489 e. The molecule has 0 bridgehead atoms. The van der Waals surface area contributed by atoms with Crippen LogP contribution in [0.4, 0.5) is 15.8 Å². The van der Waals surface area contributed by atoms with Gasteiger partial charge in [0.25, 0.3) is 0 Å². The zero-order chi connectivity index (χ0) is 22.1. The maximum atomic E-state index is 14.3. The van der Waals surface area contributed by atoms with Gasteiger partial charge in [-0.25, -0.2) is 9.38 Å². The Kier molecular flexibility index (Phi) is 9.06. The molecule has 0 spiro atoms. The lowest BCUT2D eigenvalue weighted by molar-refractivity contribution is 0.231. The van der Waals surface area contributed by atoms with E-state index in [-0.39, 0.29) is 18.2 Å². The minimum atomic E-state index is -0.380. The van der Waals surface area contributed by atoms with E-state index in [0.29, 0.717) is 18.7 Å². The quantitative estimate of drug-likeness (QED) is 0.348. The molecule has 2 heterocycles. The molecule has 1 aliphatic rings. The number of aliphatic hydroxyl groups is 1. The van der Waals surface area contributed by atoms with Crippen molar-refractivity contribution in [1.82, 2.24) is 4.90 Å². The molecule has 0 radical (unpaired) electrons. The van der Waals surface area contributed by atoms with Crippen LogP contribution < -0.4 is 10.1 Å². The Hall–Kier alpha value is -2.22. The fourth-order valence-electron chi connectivity index (χ4n) is 3.56. The van der Waals surface area contributed by atoms with Crippen LogP contribution in [0.5, 0.6) is 5.75 Å². The number of anilines is 1. The predicted octanol–water partition coefficient (Wildman–Crippen LogP) is 5.62. The van der Waals surface area contributed by atoms with Gasteiger partial charge < -0.3 is 15.2 Å². The third-order valence-electron chi connectivity index (χ3n) is 5.37. The number of ether oxygens (including phenoxy) is 1. The standard InChI is InChI=1S/C24H32FN3O2S/c1-3-19(8-12-29)14-21-16-23(18(2)31-21)27-17-26-20-6-7-24(22(25)15-20)30-13-11-28-9-4-5-10-28/h6-7,14-17,29H,3-5,8-13H2,1-2H3,(H,26,27)/b19-14+. The fourth-order valence-corrected chi connectivity index (χ4v) is 4.53. The molecule has 5 nitrogen and oxygen atoms in total. The van der Waals surface area contributed by atoms with Gasteiger partial charge in [-0.2, -0.15) is 0 Å². The van der Waals surface area contributed by atoms with Crippen LogP contribution in [0.1, 0.15) is 42.4 Å². The summed E-state index contributed by atoms with van der Waals surface area (Å²) in [5, 5.41) is 12.2. The number of thiophene rings is 1. The highest BCUT2D eigenvalue weighted by molar-refractivity contribution is 7.13. The molecule has 0 atom stereocenters. The van der Waals surface area contributed by atoms with Gasteiger partial charge in [-0.05, 0) is 70.0 Å². The number of nitrogens with zero attached hydrogens (tertiary/aromatic N) is 2. The Bertz CT molecular complexity index is 904. The number of hydrogen-bond donors (Lipinski definition) is 2. The molecule has 1 aromatic carbocycles. The van der Waals surface area contributed by atoms with Crippen molar-refractivity contribution in [2.75, 3.05) is 38.2 Å². The van der Waals surface area contributed by atoms with E-state index in [9.17, 15) is 4.39 Å². The van der Waals surface area contributed by atoms with E-state index < -0.39 is 0 Å². The lowest BCUT2D eigenvalue weighted by Crippen LogP contribution is -2.25. The second-order valence-electron chi connectivity index (χ2n) is 7.66. The zero-order valence-electron chi connectivity index (χ0n) is 18.4. The van der Waals surface area contributed by atoms with Crippen LogP contribution in [0.25, 0.3) is 6.08 Å². The minimum absolute atomic E-state index is 0.164. The van der Waals surface area contributed by atoms with Gasteiger partial charge in [0.2, 0.25) is 0 Å². The van der Waals surface area contributed by atoms with E-state index in [1.54, 1.807) is 29.8 Å². The second kappa shape index (κ2) is 12.0. The number of nitrogens with one attached hydrogen (secondary N) is 1. The van der Waals surface area contributed by atoms with Crippen LogP contribution in [0, 0.1) is 12.7 Å². The Morgan fingerprint density at radius 1 is 1.32 bits per heavy atom. The van der Waals surface area contributed by atoms with Gasteiger partial charge in [0.1, 0.15) is 6.61 Å². The number of aryl methyl sites for hydroxylation is 1. The normalized spacial score (nSPS) is 15.2. The van der Waals surface area contributed by atoms with Crippen LogP contribution in [0.15, 0.2) is 34.8 Å². The molecule has 1 aliphatic heterocycles. The van der Waals surface area contributed by atoms with Gasteiger partial charge in [-0.3, -0.25) is 4.90 Å². The summed E-state index contributed by atoms with van der Waals surface area (Å²) in [5.41, 5.74) is 2.72. The van der Waals surface area contributed by atoms with E-state index in [1.165, 1.54) is 24.5 Å². The fraction of sp³-hybridized carbons (Fsp3) is 0.458. The molecule has 1 saturated heterocycles. The highest BCUT2D eigenvalue weighted by atomic mass is 32.1. The lowest BCUT2D eigenvalue weighted by atomic mass is 10.1. The van der Waals surface area contributed by atoms with Gasteiger partial charge in [-0.1, -0.05) is 12.5 Å². The first-order valence-electron chi connectivity index (χ1n) is 10.9. The summed E-state index contributed by atoms with van der Waals surface area (Å²) in [6.45, 7) is 7.84. The highest BCUT2D eigenvalue weighted by Crippen LogP contribution is 2.31. The maximum absolute atomic E-state index is 14.3. The number of aliphatic imine (C=N–C) groups is 1. The van der Waals surface area contributed by atoms with Crippen LogP contribution in [-0.2, 0) is 0 Å². The van der Waals surface area contributed by atoms with Crippen LogP contribution >= 0.6 is 11.3 Å². The topological polar surface area (TPSA) is 57.1 Å². The van der Waals surface area contributed by atoms with Crippen molar-refractivity contribution >= 4 is 35.1 Å². The minimum Gasteiger partial charge on any atom is -0.489 e. The van der Waals surface area contributed by atoms with Crippen LogP contribution in [0.3, 0.4) is 0 Å². The Labute approximate surface area is 188 Å². The molecule has 7 heteroatoms. The van der Waals surface area contributed by atoms with Crippen molar-refractivity contribution in [1.29, 1.82) is 0 Å². The molecule has 0 saturated carbocycles. The second-order valence-corrected chi connectivity index (χ2v) is 8.95. The van der Waals surface area contributed by atoms with Gasteiger partial charge in [0, 0.05) is 34.7 Å². The first kappa shape index (κ1) is 23.4.